The Kier molecular flexibility index (Phi) is 5.46. The number of carboxylic acid groups (broad SMARTS) is 1. The summed E-state index contributed by atoms with van der Waals surface area (Å²) in [6.07, 6.45) is 1.62. The summed E-state index contributed by atoms with van der Waals surface area (Å²) in [6, 6.07) is 3.35. The first-order valence-electron chi connectivity index (χ1n) is 9.58. The van der Waals surface area contributed by atoms with Crippen LogP contribution in [0.5, 0.6) is 0 Å². The number of carboxylic acids is 1. The van der Waals surface area contributed by atoms with Crippen molar-refractivity contribution in [2.24, 2.45) is 0 Å². The molecule has 0 aliphatic carbocycles. The molecule has 0 atom stereocenters. The van der Waals surface area contributed by atoms with Gasteiger partial charge < -0.3 is 14.4 Å². The Balaban J connectivity index is 2.26. The molecule has 0 fully saturated rings. The van der Waals surface area contributed by atoms with Gasteiger partial charge in [-0.3, -0.25) is 9.59 Å². The molecular formula is C21H26N4O4. The van der Waals surface area contributed by atoms with Crippen molar-refractivity contribution >= 4 is 22.9 Å². The molecule has 3 aromatic rings. The number of aliphatic carboxylic acids is 1. The van der Waals surface area contributed by atoms with Gasteiger partial charge in [-0.1, -0.05) is 0 Å². The van der Waals surface area contributed by atoms with Gasteiger partial charge >= 0.3 is 5.97 Å². The molecule has 8 heteroatoms. The molecule has 1 amide bonds. The Morgan fingerprint density at radius 2 is 1.90 bits per heavy atom. The largest absolute Gasteiger partial charge is 0.480 e. The Morgan fingerprint density at radius 3 is 2.41 bits per heavy atom. The number of pyridine rings is 1. The van der Waals surface area contributed by atoms with Crippen LogP contribution in [0.15, 0.2) is 22.7 Å². The van der Waals surface area contributed by atoms with E-state index in [-0.39, 0.29) is 24.5 Å². The van der Waals surface area contributed by atoms with E-state index in [9.17, 15) is 14.7 Å². The molecule has 3 rings (SSSR count). The van der Waals surface area contributed by atoms with E-state index in [1.165, 1.54) is 4.90 Å². The molecule has 3 aromatic heterocycles. The lowest BCUT2D eigenvalue weighted by Crippen LogP contribution is -2.40. The van der Waals surface area contributed by atoms with Crippen molar-refractivity contribution in [1.82, 2.24) is 19.7 Å². The summed E-state index contributed by atoms with van der Waals surface area (Å²) in [6.45, 7) is 10.9. The SMILES string of the molecule is Cc1cc(-c2cc(C(=O)N(CC(=O)O)C(C)C)c3cnn(C(C)C)c3n2)c(C)o1. The number of rotatable bonds is 6. The quantitative estimate of drug-likeness (QED) is 0.677. The van der Waals surface area contributed by atoms with Crippen molar-refractivity contribution in [2.45, 2.75) is 53.6 Å². The predicted octanol–water partition coefficient (Wildman–Crippen LogP) is 3.82. The van der Waals surface area contributed by atoms with Crippen LogP contribution in [-0.4, -0.2) is 49.2 Å². The van der Waals surface area contributed by atoms with Crippen molar-refractivity contribution < 1.29 is 19.1 Å². The number of nitrogens with zero attached hydrogens (tertiary/aromatic N) is 4. The Morgan fingerprint density at radius 1 is 1.21 bits per heavy atom. The number of fused-ring (bicyclic) bond motifs is 1. The molecule has 0 bridgehead atoms. The summed E-state index contributed by atoms with van der Waals surface area (Å²) < 4.78 is 7.40. The first kappa shape index (κ1) is 20.6. The molecule has 0 aliphatic rings. The van der Waals surface area contributed by atoms with E-state index in [1.54, 1.807) is 30.8 Å². The van der Waals surface area contributed by atoms with E-state index in [1.807, 2.05) is 33.8 Å². The number of hydrogen-bond donors (Lipinski definition) is 1. The minimum absolute atomic E-state index is 0.0469. The van der Waals surface area contributed by atoms with Crippen LogP contribution in [-0.2, 0) is 4.79 Å². The third-order valence-electron chi connectivity index (χ3n) is 4.79. The van der Waals surface area contributed by atoms with Gasteiger partial charge in [-0.15, -0.1) is 0 Å². The lowest BCUT2D eigenvalue weighted by Gasteiger charge is -2.25. The zero-order chi connectivity index (χ0) is 21.5. The van der Waals surface area contributed by atoms with Crippen LogP contribution < -0.4 is 0 Å². The topological polar surface area (TPSA) is 101 Å². The molecule has 8 nitrogen and oxygen atoms in total. The van der Waals surface area contributed by atoms with Gasteiger partial charge in [0, 0.05) is 17.6 Å². The number of carbonyl (C=O) groups excluding carboxylic acids is 1. The number of hydrogen-bond acceptors (Lipinski definition) is 5. The van der Waals surface area contributed by atoms with Gasteiger partial charge in [0.2, 0.25) is 0 Å². The standard InChI is InChI=1S/C21H26N4O4/c1-11(2)24(10-19(26)27)21(28)16-8-18(15-7-13(5)29-14(15)6)23-20-17(16)9-22-25(20)12(3)4/h7-9,11-12H,10H2,1-6H3,(H,26,27). The summed E-state index contributed by atoms with van der Waals surface area (Å²) in [5.74, 6) is 0.0305. The summed E-state index contributed by atoms with van der Waals surface area (Å²) >= 11 is 0. The summed E-state index contributed by atoms with van der Waals surface area (Å²) in [4.78, 5) is 30.8. The van der Waals surface area contributed by atoms with Gasteiger partial charge in [-0.25, -0.2) is 9.67 Å². The zero-order valence-electron chi connectivity index (χ0n) is 17.6. The molecule has 0 aliphatic heterocycles. The van der Waals surface area contributed by atoms with Crippen molar-refractivity contribution in [3.8, 4) is 11.3 Å². The van der Waals surface area contributed by atoms with Crippen LogP contribution >= 0.6 is 0 Å². The lowest BCUT2D eigenvalue weighted by molar-refractivity contribution is -0.138. The maximum Gasteiger partial charge on any atom is 0.323 e. The Hall–Kier alpha value is -3.16. The number of aromatic nitrogens is 3. The molecule has 1 N–H and O–H groups in total. The number of amides is 1. The van der Waals surface area contributed by atoms with Crippen LogP contribution in [0.25, 0.3) is 22.3 Å². The first-order valence-corrected chi connectivity index (χ1v) is 9.58. The molecule has 3 heterocycles. The minimum atomic E-state index is -1.06. The molecule has 0 saturated carbocycles. The van der Waals surface area contributed by atoms with E-state index < -0.39 is 5.97 Å². The third kappa shape index (κ3) is 3.87. The highest BCUT2D eigenvalue weighted by atomic mass is 16.4. The van der Waals surface area contributed by atoms with E-state index in [2.05, 4.69) is 5.10 Å². The van der Waals surface area contributed by atoms with Crippen LogP contribution in [0.1, 0.15) is 55.6 Å². The van der Waals surface area contributed by atoms with Gasteiger partial charge in [0.1, 0.15) is 18.1 Å². The second-order valence-electron chi connectivity index (χ2n) is 7.72. The number of aryl methyl sites for hydroxylation is 2. The molecule has 0 unspecified atom stereocenters. The van der Waals surface area contributed by atoms with E-state index in [0.29, 0.717) is 28.1 Å². The van der Waals surface area contributed by atoms with Gasteiger partial charge in [-0.2, -0.15) is 5.10 Å². The Labute approximate surface area is 169 Å². The van der Waals surface area contributed by atoms with Crippen molar-refractivity contribution in [2.75, 3.05) is 6.54 Å². The van der Waals surface area contributed by atoms with Crippen LogP contribution in [0, 0.1) is 13.8 Å². The lowest BCUT2D eigenvalue weighted by atomic mass is 10.1. The average molecular weight is 398 g/mol. The van der Waals surface area contributed by atoms with Crippen LogP contribution in [0.3, 0.4) is 0 Å². The van der Waals surface area contributed by atoms with Gasteiger partial charge in [-0.05, 0) is 53.7 Å². The first-order chi connectivity index (χ1) is 13.6. The Bertz CT molecular complexity index is 1080. The molecule has 154 valence electrons. The minimum Gasteiger partial charge on any atom is -0.480 e. The van der Waals surface area contributed by atoms with E-state index in [4.69, 9.17) is 9.40 Å². The van der Waals surface area contributed by atoms with Gasteiger partial charge in [0.15, 0.2) is 5.65 Å². The van der Waals surface area contributed by atoms with Crippen LogP contribution in [0.2, 0.25) is 0 Å². The molecule has 0 aromatic carbocycles. The van der Waals surface area contributed by atoms with Crippen molar-refractivity contribution in [3.63, 3.8) is 0 Å². The summed E-state index contributed by atoms with van der Waals surface area (Å²) in [5.41, 5.74) is 2.35. The summed E-state index contributed by atoms with van der Waals surface area (Å²) in [5, 5.41) is 14.3. The fourth-order valence-electron chi connectivity index (χ4n) is 3.39. The average Bonchev–Trinajstić information content (AvgIpc) is 3.20. The van der Waals surface area contributed by atoms with Crippen molar-refractivity contribution in [3.05, 3.63) is 35.4 Å². The monoisotopic (exact) mass is 398 g/mol. The smallest absolute Gasteiger partial charge is 0.323 e. The van der Waals surface area contributed by atoms with Crippen LogP contribution in [0.4, 0.5) is 0 Å². The highest BCUT2D eigenvalue weighted by Gasteiger charge is 2.26. The fraction of sp³-hybridized carbons (Fsp3) is 0.429. The maximum absolute atomic E-state index is 13.4. The normalized spacial score (nSPS) is 11.6. The maximum atomic E-state index is 13.4. The number of furan rings is 1. The summed E-state index contributed by atoms with van der Waals surface area (Å²) in [7, 11) is 0. The highest BCUT2D eigenvalue weighted by Crippen LogP contribution is 2.30. The molecule has 29 heavy (non-hydrogen) atoms. The molecule has 0 saturated heterocycles. The fourth-order valence-corrected chi connectivity index (χ4v) is 3.39. The van der Waals surface area contributed by atoms with Gasteiger partial charge in [0.25, 0.3) is 5.91 Å². The van der Waals surface area contributed by atoms with E-state index in [0.717, 1.165) is 11.3 Å². The molecular weight excluding hydrogens is 372 g/mol. The molecule has 0 radical (unpaired) electrons. The predicted molar refractivity (Wildman–Crippen MR) is 109 cm³/mol. The second kappa shape index (κ2) is 7.69. The highest BCUT2D eigenvalue weighted by molar-refractivity contribution is 6.07. The second-order valence-corrected chi connectivity index (χ2v) is 7.72. The zero-order valence-corrected chi connectivity index (χ0v) is 17.6. The number of carbonyl (C=O) groups is 2. The van der Waals surface area contributed by atoms with Gasteiger partial charge in [0.05, 0.1) is 22.8 Å². The third-order valence-corrected chi connectivity index (χ3v) is 4.79. The van der Waals surface area contributed by atoms with Crippen molar-refractivity contribution in [1.29, 1.82) is 0 Å². The molecule has 0 spiro atoms. The van der Waals surface area contributed by atoms with E-state index >= 15 is 0 Å².